The summed E-state index contributed by atoms with van der Waals surface area (Å²) in [5, 5.41) is 7.33. The Morgan fingerprint density at radius 3 is 2.33 bits per heavy atom. The molecule has 0 fully saturated rings. The molecule has 0 aliphatic carbocycles. The average Bonchev–Trinajstić information content (AvgIpc) is 2.48. The highest BCUT2D eigenvalue weighted by Crippen LogP contribution is 2.17. The van der Waals surface area contributed by atoms with E-state index in [4.69, 9.17) is 0 Å². The molecule has 1 aromatic heterocycles. The number of nitrogens with zero attached hydrogens (tertiary/aromatic N) is 2. The third-order valence-electron chi connectivity index (χ3n) is 2.71. The highest BCUT2D eigenvalue weighted by atomic mass is 32.2. The summed E-state index contributed by atoms with van der Waals surface area (Å²) in [5.74, 6) is -0.427. The van der Waals surface area contributed by atoms with Crippen LogP contribution in [0, 0.1) is 0 Å². The zero-order valence-electron chi connectivity index (χ0n) is 10.9. The number of hydrogen-bond acceptors (Lipinski definition) is 4. The summed E-state index contributed by atoms with van der Waals surface area (Å²) >= 11 is 0. The minimum Gasteiger partial charge on any atom is -0.222 e. The molecule has 0 N–H and O–H groups in total. The highest BCUT2D eigenvalue weighted by molar-refractivity contribution is 7.91. The zero-order valence-corrected chi connectivity index (χ0v) is 11.7. The highest BCUT2D eigenvalue weighted by Gasteiger charge is 2.16. The number of sulfone groups is 1. The van der Waals surface area contributed by atoms with Crippen molar-refractivity contribution in [2.45, 2.75) is 11.4 Å². The summed E-state index contributed by atoms with van der Waals surface area (Å²) in [5.41, 5.74) is 1.36. The van der Waals surface area contributed by atoms with E-state index in [0.29, 0.717) is 11.8 Å². The molecule has 1 aromatic carbocycles. The van der Waals surface area contributed by atoms with E-state index in [1.807, 2.05) is 30.3 Å². The maximum Gasteiger partial charge on any atom is 0.266 e. The number of aromatic nitrogens is 2. The number of benzene rings is 1. The molecule has 2 aromatic rings. The lowest BCUT2D eigenvalue weighted by molar-refractivity contribution is 0.418. The van der Waals surface area contributed by atoms with Gasteiger partial charge in [-0.1, -0.05) is 30.3 Å². The van der Waals surface area contributed by atoms with E-state index >= 15 is 0 Å². The lowest BCUT2D eigenvalue weighted by atomic mass is 10.1. The topological polar surface area (TPSA) is 59.9 Å². The van der Waals surface area contributed by atoms with Crippen LogP contribution in [-0.2, 0) is 9.84 Å². The van der Waals surface area contributed by atoms with Crippen LogP contribution < -0.4 is 0 Å². The minimum atomic E-state index is -3.71. The molecule has 0 saturated heterocycles. The Labute approximate surface area is 121 Å². The van der Waals surface area contributed by atoms with Crippen LogP contribution in [0.5, 0.6) is 0 Å². The maximum absolute atomic E-state index is 11.9. The molecule has 0 unspecified atom stereocenters. The normalized spacial score (nSPS) is 11.1. The Morgan fingerprint density at radius 2 is 1.76 bits per heavy atom. The van der Waals surface area contributed by atoms with Gasteiger partial charge in [0.2, 0.25) is 0 Å². The van der Waals surface area contributed by atoms with Crippen molar-refractivity contribution < 1.29 is 17.2 Å². The van der Waals surface area contributed by atoms with E-state index in [2.05, 4.69) is 10.2 Å². The third kappa shape index (κ3) is 4.16. The SMILES string of the molecule is O=S(=O)(CCC=C(F)F)c1ccc(-c2ccccc2)nn1. The van der Waals surface area contributed by atoms with Crippen molar-refractivity contribution in [3.8, 4) is 11.3 Å². The second-order valence-electron chi connectivity index (χ2n) is 4.22. The van der Waals surface area contributed by atoms with Gasteiger partial charge in [0, 0.05) is 5.56 Å². The molecule has 0 amide bonds. The lowest BCUT2D eigenvalue weighted by Gasteiger charge is -2.03. The maximum atomic E-state index is 11.9. The van der Waals surface area contributed by atoms with Crippen LogP contribution in [0.2, 0.25) is 0 Å². The summed E-state index contributed by atoms with van der Waals surface area (Å²) in [6, 6.07) is 12.0. The molecular formula is C14H12F2N2O2S. The van der Waals surface area contributed by atoms with Crippen LogP contribution in [0.1, 0.15) is 6.42 Å². The fourth-order valence-electron chi connectivity index (χ4n) is 1.68. The Kier molecular flexibility index (Phi) is 4.74. The number of hydrogen-bond donors (Lipinski definition) is 0. The average molecular weight is 310 g/mol. The molecule has 2 rings (SSSR count). The molecule has 21 heavy (non-hydrogen) atoms. The molecule has 0 radical (unpaired) electrons. The van der Waals surface area contributed by atoms with Gasteiger partial charge in [-0.05, 0) is 24.6 Å². The summed E-state index contributed by atoms with van der Waals surface area (Å²) in [6.07, 6.45) is -1.58. The van der Waals surface area contributed by atoms with Gasteiger partial charge in [-0.3, -0.25) is 0 Å². The van der Waals surface area contributed by atoms with Gasteiger partial charge >= 0.3 is 0 Å². The van der Waals surface area contributed by atoms with Gasteiger partial charge in [-0.25, -0.2) is 8.42 Å². The van der Waals surface area contributed by atoms with Crippen LogP contribution in [0.3, 0.4) is 0 Å². The third-order valence-corrected chi connectivity index (χ3v) is 4.34. The van der Waals surface area contributed by atoms with Crippen molar-refractivity contribution in [1.29, 1.82) is 0 Å². The van der Waals surface area contributed by atoms with Crippen LogP contribution >= 0.6 is 0 Å². The second kappa shape index (κ2) is 6.53. The van der Waals surface area contributed by atoms with Crippen molar-refractivity contribution >= 4 is 9.84 Å². The second-order valence-corrected chi connectivity index (χ2v) is 6.28. The fraction of sp³-hybridized carbons (Fsp3) is 0.143. The van der Waals surface area contributed by atoms with Crippen LogP contribution in [0.15, 0.2) is 59.6 Å². The van der Waals surface area contributed by atoms with Crippen LogP contribution in [0.4, 0.5) is 8.78 Å². The Morgan fingerprint density at radius 1 is 1.05 bits per heavy atom. The van der Waals surface area contributed by atoms with E-state index in [0.717, 1.165) is 5.56 Å². The first-order valence-electron chi connectivity index (χ1n) is 6.12. The van der Waals surface area contributed by atoms with Crippen molar-refractivity contribution in [1.82, 2.24) is 10.2 Å². The quantitative estimate of drug-likeness (QED) is 0.851. The van der Waals surface area contributed by atoms with Gasteiger partial charge in [0.1, 0.15) is 0 Å². The zero-order chi connectivity index (χ0) is 15.3. The molecule has 4 nitrogen and oxygen atoms in total. The number of halogens is 2. The van der Waals surface area contributed by atoms with Gasteiger partial charge in [0.25, 0.3) is 6.08 Å². The first kappa shape index (κ1) is 15.2. The summed E-state index contributed by atoms with van der Waals surface area (Å²) in [6.45, 7) is 0. The number of rotatable bonds is 5. The first-order chi connectivity index (χ1) is 9.99. The molecule has 0 spiro atoms. The minimum absolute atomic E-state index is 0.213. The molecule has 0 atom stereocenters. The van der Waals surface area contributed by atoms with Crippen molar-refractivity contribution in [3.63, 3.8) is 0 Å². The molecule has 0 aliphatic heterocycles. The number of allylic oxidation sites excluding steroid dienone is 1. The van der Waals surface area contributed by atoms with Crippen LogP contribution in [0.25, 0.3) is 11.3 Å². The lowest BCUT2D eigenvalue weighted by Crippen LogP contribution is -2.09. The predicted octanol–water partition coefficient (Wildman–Crippen LogP) is 3.09. The largest absolute Gasteiger partial charge is 0.266 e. The molecule has 110 valence electrons. The van der Waals surface area contributed by atoms with Gasteiger partial charge in [0.15, 0.2) is 14.9 Å². The molecule has 0 aliphatic rings. The van der Waals surface area contributed by atoms with Crippen LogP contribution in [-0.4, -0.2) is 24.4 Å². The van der Waals surface area contributed by atoms with Gasteiger partial charge in [-0.2, -0.15) is 8.78 Å². The summed E-state index contributed by atoms with van der Waals surface area (Å²) in [4.78, 5) is 0. The van der Waals surface area contributed by atoms with E-state index in [1.54, 1.807) is 6.07 Å². The van der Waals surface area contributed by atoms with E-state index in [-0.39, 0.29) is 11.4 Å². The van der Waals surface area contributed by atoms with Crippen molar-refractivity contribution in [2.75, 3.05) is 5.75 Å². The van der Waals surface area contributed by atoms with E-state index in [9.17, 15) is 17.2 Å². The predicted molar refractivity (Wildman–Crippen MR) is 74.4 cm³/mol. The fourth-order valence-corrected chi connectivity index (χ4v) is 2.75. The molecule has 7 heteroatoms. The van der Waals surface area contributed by atoms with Gasteiger partial charge in [-0.15, -0.1) is 10.2 Å². The van der Waals surface area contributed by atoms with E-state index < -0.39 is 21.7 Å². The Balaban J connectivity index is 2.17. The Bertz CT molecular complexity index is 725. The monoisotopic (exact) mass is 310 g/mol. The molecule has 1 heterocycles. The Hall–Kier alpha value is -2.15. The standard InChI is InChI=1S/C14H12F2N2O2S/c15-13(16)7-4-10-21(19,20)14-9-8-12(17-18-14)11-5-2-1-3-6-11/h1-3,5-9H,4,10H2. The summed E-state index contributed by atoms with van der Waals surface area (Å²) in [7, 11) is -3.71. The van der Waals surface area contributed by atoms with Gasteiger partial charge < -0.3 is 0 Å². The molecule has 0 saturated carbocycles. The molecular weight excluding hydrogens is 298 g/mol. The van der Waals surface area contributed by atoms with Gasteiger partial charge in [0.05, 0.1) is 11.4 Å². The van der Waals surface area contributed by atoms with Crippen molar-refractivity contribution in [2.24, 2.45) is 0 Å². The smallest absolute Gasteiger partial charge is 0.222 e. The molecule has 0 bridgehead atoms. The first-order valence-corrected chi connectivity index (χ1v) is 7.77. The van der Waals surface area contributed by atoms with E-state index in [1.165, 1.54) is 6.07 Å². The van der Waals surface area contributed by atoms with Crippen molar-refractivity contribution in [3.05, 3.63) is 54.6 Å². The summed E-state index contributed by atoms with van der Waals surface area (Å²) < 4.78 is 47.6.